The van der Waals surface area contributed by atoms with E-state index < -0.39 is 18.7 Å². The monoisotopic (exact) mass is 455 g/mol. The van der Waals surface area contributed by atoms with Gasteiger partial charge >= 0.3 is 6.18 Å². The van der Waals surface area contributed by atoms with Crippen LogP contribution in [0.1, 0.15) is 12.3 Å². The Morgan fingerprint density at radius 1 is 1.19 bits per heavy atom. The summed E-state index contributed by atoms with van der Waals surface area (Å²) in [6.45, 7) is -1.49. The molecule has 0 fully saturated rings. The van der Waals surface area contributed by atoms with Crippen LogP contribution < -0.4 is 14.8 Å². The summed E-state index contributed by atoms with van der Waals surface area (Å²) in [5.41, 5.74) is 0.747. The molecule has 1 heterocycles. The molecular formula is C20H17ClF3N3O4. The first-order valence-corrected chi connectivity index (χ1v) is 9.37. The minimum absolute atomic E-state index is 0.0335. The molecule has 0 bridgehead atoms. The molecule has 164 valence electrons. The SMILES string of the molecule is COc1ccc(-c2noc(CCC(=O)Nc3cc(Cl)ccc3OCC(F)(F)F)n2)cc1. The molecule has 31 heavy (non-hydrogen) atoms. The smallest absolute Gasteiger partial charge is 0.422 e. The zero-order valence-electron chi connectivity index (χ0n) is 16.2. The Bertz CT molecular complexity index is 1040. The largest absolute Gasteiger partial charge is 0.497 e. The van der Waals surface area contributed by atoms with Gasteiger partial charge in [0.15, 0.2) is 6.61 Å². The molecule has 0 saturated carbocycles. The second kappa shape index (κ2) is 9.69. The zero-order chi connectivity index (χ0) is 22.4. The number of benzene rings is 2. The summed E-state index contributed by atoms with van der Waals surface area (Å²) in [5, 5.41) is 6.60. The van der Waals surface area contributed by atoms with Crippen LogP contribution in [0, 0.1) is 0 Å². The fourth-order valence-corrected chi connectivity index (χ4v) is 2.70. The van der Waals surface area contributed by atoms with E-state index in [0.29, 0.717) is 17.1 Å². The fraction of sp³-hybridized carbons (Fsp3) is 0.250. The molecule has 0 atom stereocenters. The van der Waals surface area contributed by atoms with Gasteiger partial charge in [0.05, 0.1) is 12.8 Å². The third kappa shape index (κ3) is 6.61. The van der Waals surface area contributed by atoms with Crippen molar-refractivity contribution in [1.82, 2.24) is 10.1 Å². The topological polar surface area (TPSA) is 86.5 Å². The number of amides is 1. The normalized spacial score (nSPS) is 11.3. The lowest BCUT2D eigenvalue weighted by Crippen LogP contribution is -2.20. The fourth-order valence-electron chi connectivity index (χ4n) is 2.53. The highest BCUT2D eigenvalue weighted by Crippen LogP contribution is 2.30. The van der Waals surface area contributed by atoms with Crippen LogP contribution in [-0.4, -0.2) is 35.9 Å². The molecule has 1 amide bonds. The molecule has 11 heteroatoms. The highest BCUT2D eigenvalue weighted by Gasteiger charge is 2.29. The number of anilines is 1. The average molecular weight is 456 g/mol. The van der Waals surface area contributed by atoms with Gasteiger partial charge in [-0.05, 0) is 42.5 Å². The summed E-state index contributed by atoms with van der Waals surface area (Å²) in [5.74, 6) is 0.651. The van der Waals surface area contributed by atoms with Crippen LogP contribution >= 0.6 is 11.6 Å². The molecule has 7 nitrogen and oxygen atoms in total. The van der Waals surface area contributed by atoms with E-state index in [1.807, 2.05) is 0 Å². The number of hydrogen-bond acceptors (Lipinski definition) is 6. The Morgan fingerprint density at radius 3 is 2.61 bits per heavy atom. The molecule has 0 aliphatic heterocycles. The maximum Gasteiger partial charge on any atom is 0.422 e. The predicted octanol–water partition coefficient (Wildman–Crippen LogP) is 4.91. The van der Waals surface area contributed by atoms with E-state index in [1.54, 1.807) is 31.4 Å². The standard InChI is InChI=1S/C20H17ClF3N3O4/c1-29-14-5-2-12(3-6-14)19-26-18(31-27-19)9-8-17(28)25-15-10-13(21)4-7-16(15)30-11-20(22,23)24/h2-7,10H,8-9,11H2,1H3,(H,25,28). The maximum atomic E-state index is 12.4. The van der Waals surface area contributed by atoms with E-state index in [-0.39, 0.29) is 35.2 Å². The highest BCUT2D eigenvalue weighted by molar-refractivity contribution is 6.31. The second-order valence-corrected chi connectivity index (χ2v) is 6.77. The van der Waals surface area contributed by atoms with Crippen molar-refractivity contribution in [1.29, 1.82) is 0 Å². The van der Waals surface area contributed by atoms with Crippen molar-refractivity contribution in [3.63, 3.8) is 0 Å². The molecule has 3 rings (SSSR count). The number of rotatable bonds is 8. The first kappa shape index (κ1) is 22.4. The van der Waals surface area contributed by atoms with Gasteiger partial charge in [-0.2, -0.15) is 18.2 Å². The van der Waals surface area contributed by atoms with Crippen LogP contribution in [-0.2, 0) is 11.2 Å². The van der Waals surface area contributed by atoms with Gasteiger partial charge in [-0.15, -0.1) is 0 Å². The van der Waals surface area contributed by atoms with Crippen molar-refractivity contribution in [2.24, 2.45) is 0 Å². The predicted molar refractivity (Wildman–Crippen MR) is 106 cm³/mol. The Kier molecular flexibility index (Phi) is 7.01. The van der Waals surface area contributed by atoms with Gasteiger partial charge in [0.2, 0.25) is 17.6 Å². The van der Waals surface area contributed by atoms with Crippen LogP contribution in [0.15, 0.2) is 47.0 Å². The van der Waals surface area contributed by atoms with E-state index >= 15 is 0 Å². The number of ether oxygens (including phenoxy) is 2. The molecule has 0 radical (unpaired) electrons. The first-order valence-electron chi connectivity index (χ1n) is 8.99. The molecule has 1 aromatic heterocycles. The minimum atomic E-state index is -4.51. The Balaban J connectivity index is 1.59. The summed E-state index contributed by atoms with van der Waals surface area (Å²) < 4.78 is 52.2. The van der Waals surface area contributed by atoms with Crippen molar-refractivity contribution in [3.8, 4) is 22.9 Å². The summed E-state index contributed by atoms with van der Waals surface area (Å²) in [4.78, 5) is 16.5. The Labute approximate surface area is 180 Å². The third-order valence-corrected chi connectivity index (χ3v) is 4.22. The summed E-state index contributed by atoms with van der Waals surface area (Å²) in [6.07, 6.45) is -4.43. The molecular weight excluding hydrogens is 439 g/mol. The lowest BCUT2D eigenvalue weighted by molar-refractivity contribution is -0.153. The molecule has 0 aliphatic carbocycles. The van der Waals surface area contributed by atoms with Gasteiger partial charge in [-0.3, -0.25) is 4.79 Å². The van der Waals surface area contributed by atoms with Gasteiger partial charge in [-0.25, -0.2) is 0 Å². The molecule has 2 aromatic carbocycles. The summed E-state index contributed by atoms with van der Waals surface area (Å²) >= 11 is 5.87. The Morgan fingerprint density at radius 2 is 1.94 bits per heavy atom. The van der Waals surface area contributed by atoms with Crippen LogP contribution in [0.4, 0.5) is 18.9 Å². The number of aromatic nitrogens is 2. The van der Waals surface area contributed by atoms with E-state index in [9.17, 15) is 18.0 Å². The van der Waals surface area contributed by atoms with E-state index in [2.05, 4.69) is 15.5 Å². The van der Waals surface area contributed by atoms with E-state index in [1.165, 1.54) is 18.2 Å². The molecule has 0 saturated heterocycles. The summed E-state index contributed by atoms with van der Waals surface area (Å²) in [6, 6.07) is 11.0. The molecule has 0 unspecified atom stereocenters. The molecule has 3 aromatic rings. The number of nitrogens with zero attached hydrogens (tertiary/aromatic N) is 2. The first-order chi connectivity index (χ1) is 14.7. The third-order valence-electron chi connectivity index (χ3n) is 3.99. The number of hydrogen-bond donors (Lipinski definition) is 1. The number of aryl methyl sites for hydroxylation is 1. The second-order valence-electron chi connectivity index (χ2n) is 6.33. The Hall–Kier alpha value is -3.27. The van der Waals surface area contributed by atoms with Gasteiger partial charge < -0.3 is 19.3 Å². The van der Waals surface area contributed by atoms with Gasteiger partial charge in [0, 0.05) is 23.4 Å². The minimum Gasteiger partial charge on any atom is -0.497 e. The van der Waals surface area contributed by atoms with E-state index in [4.69, 9.17) is 25.6 Å². The van der Waals surface area contributed by atoms with Crippen LogP contribution in [0.25, 0.3) is 11.4 Å². The molecule has 1 N–H and O–H groups in total. The van der Waals surface area contributed by atoms with Crippen molar-refractivity contribution in [3.05, 3.63) is 53.4 Å². The summed E-state index contributed by atoms with van der Waals surface area (Å²) in [7, 11) is 1.56. The van der Waals surface area contributed by atoms with E-state index in [0.717, 1.165) is 0 Å². The van der Waals surface area contributed by atoms with Crippen molar-refractivity contribution < 1.29 is 32.0 Å². The van der Waals surface area contributed by atoms with Crippen LogP contribution in [0.5, 0.6) is 11.5 Å². The number of halogens is 4. The zero-order valence-corrected chi connectivity index (χ0v) is 17.0. The molecule has 0 aliphatic rings. The molecule has 0 spiro atoms. The quantitative estimate of drug-likeness (QED) is 0.519. The lowest BCUT2D eigenvalue weighted by Gasteiger charge is -2.14. The lowest BCUT2D eigenvalue weighted by atomic mass is 10.2. The van der Waals surface area contributed by atoms with Gasteiger partial charge in [-0.1, -0.05) is 16.8 Å². The van der Waals surface area contributed by atoms with Crippen molar-refractivity contribution in [2.45, 2.75) is 19.0 Å². The van der Waals surface area contributed by atoms with Crippen molar-refractivity contribution in [2.75, 3.05) is 19.0 Å². The van der Waals surface area contributed by atoms with Crippen molar-refractivity contribution >= 4 is 23.2 Å². The van der Waals surface area contributed by atoms with Crippen LogP contribution in [0.3, 0.4) is 0 Å². The number of alkyl halides is 3. The highest BCUT2D eigenvalue weighted by atomic mass is 35.5. The van der Waals surface area contributed by atoms with Gasteiger partial charge in [0.1, 0.15) is 11.5 Å². The van der Waals surface area contributed by atoms with Crippen LogP contribution in [0.2, 0.25) is 5.02 Å². The maximum absolute atomic E-state index is 12.4. The average Bonchev–Trinajstić information content (AvgIpc) is 3.20. The number of carbonyl (C=O) groups is 1. The van der Waals surface area contributed by atoms with Gasteiger partial charge in [0.25, 0.3) is 0 Å². The number of nitrogens with one attached hydrogen (secondary N) is 1. The number of carbonyl (C=O) groups excluding carboxylic acids is 1. The number of methoxy groups -OCH3 is 1.